The van der Waals surface area contributed by atoms with Crippen molar-refractivity contribution in [2.75, 3.05) is 5.43 Å². The second-order valence-electron chi connectivity index (χ2n) is 5.96. The highest BCUT2D eigenvalue weighted by molar-refractivity contribution is 5.97. The van der Waals surface area contributed by atoms with Crippen LogP contribution in [0.15, 0.2) is 27.6 Å². The molecule has 0 aliphatic heterocycles. The second-order valence-corrected chi connectivity index (χ2v) is 5.96. The molecule has 5 heteroatoms. The minimum atomic E-state index is -0.175. The first-order chi connectivity index (χ1) is 8.84. The van der Waals surface area contributed by atoms with Crippen molar-refractivity contribution in [3.05, 3.63) is 33.8 Å². The Morgan fingerprint density at radius 3 is 2.74 bits per heavy atom. The Balaban J connectivity index is 2.18. The third-order valence-corrected chi connectivity index (χ3v) is 3.01. The zero-order chi connectivity index (χ0) is 14.0. The number of aromatic nitrogens is 2. The summed E-state index contributed by atoms with van der Waals surface area (Å²) in [5.74, 6) is 0.381. The number of H-pyrrole nitrogens is 1. The Kier molecular flexibility index (Phi) is 3.55. The van der Waals surface area contributed by atoms with Crippen molar-refractivity contribution in [1.82, 2.24) is 9.97 Å². The average molecular weight is 260 g/mol. The summed E-state index contributed by atoms with van der Waals surface area (Å²) in [5.41, 5.74) is 5.86. The number of allylic oxidation sites excluding steroid dienone is 2. The van der Waals surface area contributed by atoms with Gasteiger partial charge in [-0.15, -0.1) is 0 Å². The quantitative estimate of drug-likeness (QED) is 0.803. The molecule has 2 rings (SSSR count). The molecule has 5 nitrogen and oxygen atoms in total. The standard InChI is InChI=1S/C14H20N4O/c1-9-5-11(8-14(3,4)7-9)17-18-13-15-10(2)6-12(19)16-13/h5-6H,7-8H2,1-4H3,(H2,15,16,18,19)/b17-11+. The molecule has 2 N–H and O–H groups in total. The lowest BCUT2D eigenvalue weighted by Crippen LogP contribution is -2.22. The summed E-state index contributed by atoms with van der Waals surface area (Å²) in [6.07, 6.45) is 4.09. The van der Waals surface area contributed by atoms with E-state index in [-0.39, 0.29) is 11.0 Å². The van der Waals surface area contributed by atoms with Gasteiger partial charge in [-0.1, -0.05) is 19.4 Å². The smallest absolute Gasteiger partial charge is 0.252 e. The molecular weight excluding hydrogens is 240 g/mol. The Morgan fingerprint density at radius 2 is 2.11 bits per heavy atom. The fraction of sp³-hybridized carbons (Fsp3) is 0.500. The van der Waals surface area contributed by atoms with E-state index in [9.17, 15) is 4.79 Å². The first-order valence-corrected chi connectivity index (χ1v) is 6.42. The Labute approximate surface area is 112 Å². The number of hydrogen-bond donors (Lipinski definition) is 2. The zero-order valence-electron chi connectivity index (χ0n) is 11.9. The molecular formula is C14H20N4O. The van der Waals surface area contributed by atoms with Gasteiger partial charge in [0.25, 0.3) is 5.56 Å². The summed E-state index contributed by atoms with van der Waals surface area (Å²) in [4.78, 5) is 18.1. The molecule has 1 heterocycles. The number of aromatic amines is 1. The van der Waals surface area contributed by atoms with Crippen LogP contribution in [0.3, 0.4) is 0 Å². The topological polar surface area (TPSA) is 70.1 Å². The fourth-order valence-corrected chi connectivity index (χ4v) is 2.52. The average Bonchev–Trinajstić information content (AvgIpc) is 2.22. The van der Waals surface area contributed by atoms with E-state index in [1.54, 1.807) is 6.92 Å². The normalized spacial score (nSPS) is 20.2. The molecule has 0 aromatic carbocycles. The molecule has 0 saturated carbocycles. The number of rotatable bonds is 2. The Bertz CT molecular complexity index is 596. The molecule has 0 amide bonds. The number of nitrogens with one attached hydrogen (secondary N) is 2. The minimum Gasteiger partial charge on any atom is -0.291 e. The van der Waals surface area contributed by atoms with E-state index in [2.05, 4.69) is 47.3 Å². The molecule has 1 aliphatic carbocycles. The van der Waals surface area contributed by atoms with E-state index >= 15 is 0 Å². The lowest BCUT2D eigenvalue weighted by Gasteiger charge is -2.29. The van der Waals surface area contributed by atoms with Gasteiger partial charge in [0.15, 0.2) is 0 Å². The van der Waals surface area contributed by atoms with Gasteiger partial charge in [0.1, 0.15) is 0 Å². The molecule has 19 heavy (non-hydrogen) atoms. The van der Waals surface area contributed by atoms with Crippen LogP contribution in [-0.2, 0) is 0 Å². The maximum Gasteiger partial charge on any atom is 0.252 e. The van der Waals surface area contributed by atoms with Gasteiger partial charge in [0, 0.05) is 11.8 Å². The third-order valence-electron chi connectivity index (χ3n) is 3.01. The van der Waals surface area contributed by atoms with Gasteiger partial charge in [0.2, 0.25) is 5.95 Å². The number of aryl methyl sites for hydroxylation is 1. The molecule has 0 atom stereocenters. The molecule has 102 valence electrons. The van der Waals surface area contributed by atoms with Crippen LogP contribution in [0.25, 0.3) is 0 Å². The van der Waals surface area contributed by atoms with Gasteiger partial charge < -0.3 is 0 Å². The van der Waals surface area contributed by atoms with Crippen molar-refractivity contribution < 1.29 is 0 Å². The summed E-state index contributed by atoms with van der Waals surface area (Å²) in [6.45, 7) is 8.35. The monoisotopic (exact) mass is 260 g/mol. The van der Waals surface area contributed by atoms with Crippen LogP contribution >= 0.6 is 0 Å². The van der Waals surface area contributed by atoms with Crippen molar-refractivity contribution >= 4 is 11.7 Å². The van der Waals surface area contributed by atoms with Gasteiger partial charge in [0.05, 0.1) is 5.71 Å². The maximum absolute atomic E-state index is 11.3. The Morgan fingerprint density at radius 1 is 1.37 bits per heavy atom. The van der Waals surface area contributed by atoms with Crippen LogP contribution < -0.4 is 11.0 Å². The summed E-state index contributed by atoms with van der Waals surface area (Å²) in [5, 5.41) is 4.34. The highest BCUT2D eigenvalue weighted by Gasteiger charge is 2.24. The van der Waals surface area contributed by atoms with E-state index < -0.39 is 0 Å². The van der Waals surface area contributed by atoms with Gasteiger partial charge >= 0.3 is 0 Å². The van der Waals surface area contributed by atoms with Crippen LogP contribution in [0.2, 0.25) is 0 Å². The highest BCUT2D eigenvalue weighted by atomic mass is 16.1. The van der Waals surface area contributed by atoms with Crippen molar-refractivity contribution in [2.24, 2.45) is 10.5 Å². The lowest BCUT2D eigenvalue weighted by molar-refractivity contribution is 0.373. The predicted molar refractivity (Wildman–Crippen MR) is 77.4 cm³/mol. The molecule has 1 aliphatic rings. The van der Waals surface area contributed by atoms with Crippen LogP contribution in [0.4, 0.5) is 5.95 Å². The van der Waals surface area contributed by atoms with Crippen molar-refractivity contribution in [2.45, 2.75) is 40.5 Å². The molecule has 0 spiro atoms. The largest absolute Gasteiger partial charge is 0.291 e. The maximum atomic E-state index is 11.3. The van der Waals surface area contributed by atoms with E-state index in [1.165, 1.54) is 11.6 Å². The Hall–Kier alpha value is -1.91. The van der Waals surface area contributed by atoms with Gasteiger partial charge in [-0.25, -0.2) is 10.4 Å². The van der Waals surface area contributed by atoms with Crippen molar-refractivity contribution in [1.29, 1.82) is 0 Å². The molecule has 0 fully saturated rings. The zero-order valence-corrected chi connectivity index (χ0v) is 11.9. The number of hydrazone groups is 1. The van der Waals surface area contributed by atoms with Crippen molar-refractivity contribution in [3.8, 4) is 0 Å². The third kappa shape index (κ3) is 3.77. The first kappa shape index (κ1) is 13.5. The summed E-state index contributed by atoms with van der Waals surface area (Å²) < 4.78 is 0. The highest BCUT2D eigenvalue weighted by Crippen LogP contribution is 2.33. The van der Waals surface area contributed by atoms with E-state index in [1.807, 2.05) is 0 Å². The van der Waals surface area contributed by atoms with Crippen LogP contribution in [-0.4, -0.2) is 15.7 Å². The number of nitrogens with zero attached hydrogens (tertiary/aromatic N) is 2. The number of anilines is 1. The predicted octanol–water partition coefficient (Wildman–Crippen LogP) is 2.61. The van der Waals surface area contributed by atoms with E-state index in [0.717, 1.165) is 18.6 Å². The van der Waals surface area contributed by atoms with Gasteiger partial charge in [-0.05, 0) is 38.2 Å². The summed E-state index contributed by atoms with van der Waals surface area (Å²) >= 11 is 0. The summed E-state index contributed by atoms with van der Waals surface area (Å²) in [6, 6.07) is 1.45. The first-order valence-electron chi connectivity index (χ1n) is 6.42. The van der Waals surface area contributed by atoms with Crippen LogP contribution in [0.1, 0.15) is 39.3 Å². The van der Waals surface area contributed by atoms with E-state index in [4.69, 9.17) is 0 Å². The lowest BCUT2D eigenvalue weighted by atomic mass is 9.77. The minimum absolute atomic E-state index is 0.175. The van der Waals surface area contributed by atoms with E-state index in [0.29, 0.717) is 11.6 Å². The summed E-state index contributed by atoms with van der Waals surface area (Å²) in [7, 11) is 0. The molecule has 1 aromatic heterocycles. The fourth-order valence-electron chi connectivity index (χ4n) is 2.52. The number of hydrogen-bond acceptors (Lipinski definition) is 4. The molecule has 0 unspecified atom stereocenters. The molecule has 1 aromatic rings. The molecule has 0 bridgehead atoms. The van der Waals surface area contributed by atoms with Gasteiger partial charge in [-0.2, -0.15) is 5.10 Å². The van der Waals surface area contributed by atoms with Crippen LogP contribution in [0, 0.1) is 12.3 Å². The molecule has 0 saturated heterocycles. The van der Waals surface area contributed by atoms with Crippen molar-refractivity contribution in [3.63, 3.8) is 0 Å². The van der Waals surface area contributed by atoms with Crippen LogP contribution in [0.5, 0.6) is 0 Å². The second kappa shape index (κ2) is 4.99. The van der Waals surface area contributed by atoms with Gasteiger partial charge in [-0.3, -0.25) is 9.78 Å². The molecule has 0 radical (unpaired) electrons. The SMILES string of the molecule is CC1=C/C(=N\Nc2nc(C)cc(=O)[nH]2)CC(C)(C)C1.